The molecule has 0 unspecified atom stereocenters. The third kappa shape index (κ3) is 2.82. The molecule has 0 amide bonds. The largest absolute Gasteiger partial charge is 0.497 e. The number of amidine groups is 1. The van der Waals surface area contributed by atoms with Crippen LogP contribution in [0.5, 0.6) is 17.2 Å². The second-order valence-corrected chi connectivity index (χ2v) is 3.81. The average molecular weight is 260 g/mol. The maximum absolute atomic E-state index is 13.5. The summed E-state index contributed by atoms with van der Waals surface area (Å²) in [6.45, 7) is 0. The quantitative estimate of drug-likeness (QED) is 0.656. The van der Waals surface area contributed by atoms with Gasteiger partial charge in [-0.05, 0) is 24.3 Å². The summed E-state index contributed by atoms with van der Waals surface area (Å²) < 4.78 is 24.1. The number of hydrogen-bond donors (Lipinski definition) is 2. The summed E-state index contributed by atoms with van der Waals surface area (Å²) in [6.07, 6.45) is 0. The van der Waals surface area contributed by atoms with Crippen molar-refractivity contribution in [2.75, 3.05) is 7.11 Å². The predicted octanol–water partition coefficient (Wildman–Crippen LogP) is 2.91. The first kappa shape index (κ1) is 12.9. The van der Waals surface area contributed by atoms with Crippen LogP contribution in [0.4, 0.5) is 4.39 Å². The second-order valence-electron chi connectivity index (χ2n) is 3.81. The fraction of sp³-hybridized carbons (Fsp3) is 0.0714. The van der Waals surface area contributed by atoms with E-state index in [1.54, 1.807) is 30.3 Å². The second kappa shape index (κ2) is 5.39. The Kier molecular flexibility index (Phi) is 3.66. The Bertz CT molecular complexity index is 614. The summed E-state index contributed by atoms with van der Waals surface area (Å²) in [4.78, 5) is 0. The van der Waals surface area contributed by atoms with Gasteiger partial charge in [-0.2, -0.15) is 0 Å². The number of benzene rings is 2. The molecule has 2 aromatic rings. The van der Waals surface area contributed by atoms with E-state index in [4.69, 9.17) is 20.6 Å². The van der Waals surface area contributed by atoms with Crippen LogP contribution in [0.2, 0.25) is 0 Å². The van der Waals surface area contributed by atoms with Crippen molar-refractivity contribution < 1.29 is 13.9 Å². The summed E-state index contributed by atoms with van der Waals surface area (Å²) >= 11 is 0. The minimum absolute atomic E-state index is 0.0678. The average Bonchev–Trinajstić information content (AvgIpc) is 2.41. The zero-order valence-electron chi connectivity index (χ0n) is 10.3. The molecule has 2 rings (SSSR count). The number of nitrogens with one attached hydrogen (secondary N) is 1. The van der Waals surface area contributed by atoms with Gasteiger partial charge in [0.1, 0.15) is 17.3 Å². The number of nitrogens with two attached hydrogens (primary N) is 1. The third-order valence-corrected chi connectivity index (χ3v) is 2.54. The molecule has 3 N–H and O–H groups in total. The lowest BCUT2D eigenvalue weighted by atomic mass is 10.1. The minimum atomic E-state index is -0.486. The van der Waals surface area contributed by atoms with Crippen LogP contribution in [0.3, 0.4) is 0 Å². The van der Waals surface area contributed by atoms with Crippen LogP contribution in [-0.2, 0) is 0 Å². The molecule has 0 atom stereocenters. The highest BCUT2D eigenvalue weighted by Gasteiger charge is 2.11. The lowest BCUT2D eigenvalue weighted by Crippen LogP contribution is -2.12. The van der Waals surface area contributed by atoms with Crippen molar-refractivity contribution >= 4 is 5.84 Å². The Morgan fingerprint density at radius 2 is 1.89 bits per heavy atom. The van der Waals surface area contributed by atoms with E-state index in [1.807, 2.05) is 0 Å². The van der Waals surface area contributed by atoms with Gasteiger partial charge in [0.2, 0.25) is 0 Å². The van der Waals surface area contributed by atoms with Crippen LogP contribution >= 0.6 is 0 Å². The standard InChI is InChI=1S/C14H13FN2O2/c1-18-9-6-7-10(14(16)17)13(8-9)19-12-5-3-2-4-11(12)15/h2-8H,1H3,(H3,16,17). The smallest absolute Gasteiger partial charge is 0.165 e. The molecule has 0 saturated carbocycles. The van der Waals surface area contributed by atoms with Crippen LogP contribution in [-0.4, -0.2) is 12.9 Å². The zero-order valence-corrected chi connectivity index (χ0v) is 10.3. The first-order chi connectivity index (χ1) is 9.11. The molecule has 98 valence electrons. The van der Waals surface area contributed by atoms with Crippen molar-refractivity contribution in [3.8, 4) is 17.2 Å². The van der Waals surface area contributed by atoms with E-state index in [1.165, 1.54) is 19.2 Å². The highest BCUT2D eigenvalue weighted by molar-refractivity contribution is 5.97. The fourth-order valence-corrected chi connectivity index (χ4v) is 1.58. The van der Waals surface area contributed by atoms with Crippen LogP contribution < -0.4 is 15.2 Å². The Morgan fingerprint density at radius 1 is 1.16 bits per heavy atom. The molecular formula is C14H13FN2O2. The number of methoxy groups -OCH3 is 1. The zero-order chi connectivity index (χ0) is 13.8. The topological polar surface area (TPSA) is 68.3 Å². The molecule has 0 saturated heterocycles. The molecule has 0 aliphatic rings. The van der Waals surface area contributed by atoms with Crippen molar-refractivity contribution in [1.82, 2.24) is 0 Å². The summed E-state index contributed by atoms with van der Waals surface area (Å²) in [5.74, 6) is 0.236. The predicted molar refractivity (Wildman–Crippen MR) is 70.5 cm³/mol. The number of ether oxygens (including phenoxy) is 2. The minimum Gasteiger partial charge on any atom is -0.497 e. The van der Waals surface area contributed by atoms with Gasteiger partial charge in [0.05, 0.1) is 12.7 Å². The van der Waals surface area contributed by atoms with Crippen LogP contribution in [0.1, 0.15) is 5.56 Å². The first-order valence-corrected chi connectivity index (χ1v) is 5.56. The van der Waals surface area contributed by atoms with Crippen molar-refractivity contribution in [2.24, 2.45) is 5.73 Å². The summed E-state index contributed by atoms with van der Waals surface area (Å²) in [6, 6.07) is 10.8. The Balaban J connectivity index is 2.43. The monoisotopic (exact) mass is 260 g/mol. The molecule has 0 bridgehead atoms. The molecule has 0 heterocycles. The number of halogens is 1. The lowest BCUT2D eigenvalue weighted by molar-refractivity contribution is 0.405. The molecule has 2 aromatic carbocycles. The molecule has 19 heavy (non-hydrogen) atoms. The molecular weight excluding hydrogens is 247 g/mol. The molecule has 0 fully saturated rings. The maximum Gasteiger partial charge on any atom is 0.165 e. The molecule has 0 aromatic heterocycles. The van der Waals surface area contributed by atoms with E-state index in [2.05, 4.69) is 0 Å². The van der Waals surface area contributed by atoms with Gasteiger partial charge in [0.15, 0.2) is 11.6 Å². The van der Waals surface area contributed by atoms with E-state index in [-0.39, 0.29) is 17.3 Å². The van der Waals surface area contributed by atoms with Crippen LogP contribution in [0, 0.1) is 11.2 Å². The van der Waals surface area contributed by atoms with Crippen molar-refractivity contribution in [2.45, 2.75) is 0 Å². The molecule has 4 nitrogen and oxygen atoms in total. The van der Waals surface area contributed by atoms with Gasteiger partial charge in [-0.15, -0.1) is 0 Å². The number of rotatable bonds is 4. The van der Waals surface area contributed by atoms with Gasteiger partial charge in [-0.1, -0.05) is 12.1 Å². The Morgan fingerprint density at radius 3 is 2.53 bits per heavy atom. The highest BCUT2D eigenvalue weighted by Crippen LogP contribution is 2.30. The van der Waals surface area contributed by atoms with Crippen molar-refractivity contribution in [3.63, 3.8) is 0 Å². The third-order valence-electron chi connectivity index (χ3n) is 2.54. The van der Waals surface area contributed by atoms with Gasteiger partial charge < -0.3 is 15.2 Å². The van der Waals surface area contributed by atoms with E-state index in [0.29, 0.717) is 11.3 Å². The molecule has 0 radical (unpaired) electrons. The fourth-order valence-electron chi connectivity index (χ4n) is 1.58. The number of para-hydroxylation sites is 1. The van der Waals surface area contributed by atoms with Crippen LogP contribution in [0.25, 0.3) is 0 Å². The molecule has 5 heteroatoms. The van der Waals surface area contributed by atoms with Crippen molar-refractivity contribution in [3.05, 3.63) is 53.8 Å². The summed E-state index contributed by atoms with van der Waals surface area (Å²) in [5.41, 5.74) is 5.85. The van der Waals surface area contributed by atoms with Gasteiger partial charge in [0.25, 0.3) is 0 Å². The number of hydrogen-bond acceptors (Lipinski definition) is 3. The van der Waals surface area contributed by atoms with E-state index in [9.17, 15) is 4.39 Å². The Labute approximate surface area is 110 Å². The van der Waals surface area contributed by atoms with E-state index < -0.39 is 5.82 Å². The summed E-state index contributed by atoms with van der Waals surface area (Å²) in [5, 5.41) is 7.49. The highest BCUT2D eigenvalue weighted by atomic mass is 19.1. The Hall–Kier alpha value is -2.56. The van der Waals surface area contributed by atoms with Gasteiger partial charge >= 0.3 is 0 Å². The molecule has 0 spiro atoms. The first-order valence-electron chi connectivity index (χ1n) is 5.56. The maximum atomic E-state index is 13.5. The van der Waals surface area contributed by atoms with Gasteiger partial charge in [-0.3, -0.25) is 5.41 Å². The van der Waals surface area contributed by atoms with Gasteiger partial charge in [0, 0.05) is 6.07 Å². The van der Waals surface area contributed by atoms with Gasteiger partial charge in [-0.25, -0.2) is 4.39 Å². The SMILES string of the molecule is COc1ccc(C(=N)N)c(Oc2ccccc2F)c1. The van der Waals surface area contributed by atoms with E-state index in [0.717, 1.165) is 0 Å². The van der Waals surface area contributed by atoms with Crippen LogP contribution in [0.15, 0.2) is 42.5 Å². The lowest BCUT2D eigenvalue weighted by Gasteiger charge is -2.12. The molecule has 0 aliphatic carbocycles. The van der Waals surface area contributed by atoms with E-state index >= 15 is 0 Å². The normalized spacial score (nSPS) is 10.0. The summed E-state index contributed by atoms with van der Waals surface area (Å²) in [7, 11) is 1.51. The number of nitrogen functional groups attached to an aromatic ring is 1. The molecule has 0 aliphatic heterocycles. The van der Waals surface area contributed by atoms with Crippen molar-refractivity contribution in [1.29, 1.82) is 5.41 Å².